The van der Waals surface area contributed by atoms with Gasteiger partial charge in [-0.1, -0.05) is 24.0 Å². The summed E-state index contributed by atoms with van der Waals surface area (Å²) in [5, 5.41) is 9.16. The van der Waals surface area contributed by atoms with Crippen LogP contribution < -0.4 is 0 Å². The van der Waals surface area contributed by atoms with Crippen LogP contribution in [0.4, 0.5) is 0 Å². The number of hydrogen-bond acceptors (Lipinski definition) is 4. The van der Waals surface area contributed by atoms with Crippen LogP contribution >= 0.6 is 24.0 Å². The number of phenolic OH excluding ortho intramolecular Hbond substituents is 1. The van der Waals surface area contributed by atoms with E-state index in [1.165, 1.54) is 12.1 Å². The Balaban J connectivity index is 2.39. The van der Waals surface area contributed by atoms with Crippen LogP contribution in [0.3, 0.4) is 0 Å². The predicted molar refractivity (Wildman–Crippen MR) is 85.0 cm³/mol. The number of ketones is 1. The van der Waals surface area contributed by atoms with Crippen molar-refractivity contribution in [1.82, 2.24) is 4.90 Å². The number of thiocarbonyl (C=S) groups is 1. The number of benzene rings is 1. The molecule has 1 rings (SSSR count). The van der Waals surface area contributed by atoms with Gasteiger partial charge in [0.1, 0.15) is 10.1 Å². The van der Waals surface area contributed by atoms with Gasteiger partial charge in [0.25, 0.3) is 0 Å². The lowest BCUT2D eigenvalue weighted by atomic mass is 10.1. The summed E-state index contributed by atoms with van der Waals surface area (Å²) in [6.45, 7) is 5.93. The van der Waals surface area contributed by atoms with Gasteiger partial charge in [-0.25, -0.2) is 0 Å². The monoisotopic (exact) mass is 297 g/mol. The van der Waals surface area contributed by atoms with Crippen molar-refractivity contribution in [1.29, 1.82) is 0 Å². The summed E-state index contributed by atoms with van der Waals surface area (Å²) in [6, 6.07) is 6.35. The quantitative estimate of drug-likeness (QED) is 0.644. The molecule has 0 saturated heterocycles. The fourth-order valence-corrected chi connectivity index (χ4v) is 3.01. The number of carbonyl (C=O) groups is 1. The molecule has 104 valence electrons. The maximum atomic E-state index is 11.9. The molecular formula is C14H19NO2S2. The van der Waals surface area contributed by atoms with Crippen molar-refractivity contribution in [2.24, 2.45) is 0 Å². The number of hydrogen-bond donors (Lipinski definition) is 1. The van der Waals surface area contributed by atoms with Gasteiger partial charge in [-0.05, 0) is 38.1 Å². The third-order valence-electron chi connectivity index (χ3n) is 2.77. The van der Waals surface area contributed by atoms with Gasteiger partial charge in [-0.15, -0.1) is 0 Å². The first-order valence-corrected chi connectivity index (χ1v) is 7.71. The minimum absolute atomic E-state index is 0.0786. The number of phenols is 1. The Morgan fingerprint density at radius 3 is 2.37 bits per heavy atom. The fraction of sp³-hybridized carbons (Fsp3) is 0.429. The molecule has 0 fully saturated rings. The van der Waals surface area contributed by atoms with E-state index in [4.69, 9.17) is 17.3 Å². The lowest BCUT2D eigenvalue weighted by Gasteiger charge is -2.20. The Morgan fingerprint density at radius 1 is 1.26 bits per heavy atom. The summed E-state index contributed by atoms with van der Waals surface area (Å²) in [4.78, 5) is 14.0. The summed E-state index contributed by atoms with van der Waals surface area (Å²) in [5.41, 5.74) is 0.632. The van der Waals surface area contributed by atoms with Crippen LogP contribution in [-0.4, -0.2) is 39.0 Å². The molecule has 0 atom stereocenters. The van der Waals surface area contributed by atoms with Crippen molar-refractivity contribution in [2.45, 2.75) is 20.3 Å². The van der Waals surface area contributed by atoms with Gasteiger partial charge in [0.05, 0.1) is 0 Å². The van der Waals surface area contributed by atoms with E-state index in [2.05, 4.69) is 18.7 Å². The SMILES string of the molecule is CCN(CC)C(=S)SCCC(=O)c1ccc(O)cc1. The second kappa shape index (κ2) is 8.17. The second-order valence-electron chi connectivity index (χ2n) is 4.01. The number of carbonyl (C=O) groups excluding carboxylic acids is 1. The van der Waals surface area contributed by atoms with Crippen molar-refractivity contribution < 1.29 is 9.90 Å². The molecule has 0 aliphatic carbocycles. The molecule has 0 aliphatic rings. The largest absolute Gasteiger partial charge is 0.508 e. The number of Topliss-reactive ketones (excluding diaryl/α,β-unsaturated/α-hetero) is 1. The van der Waals surface area contributed by atoms with E-state index in [9.17, 15) is 4.79 Å². The molecule has 0 bridgehead atoms. The van der Waals surface area contributed by atoms with Crippen LogP contribution in [0.2, 0.25) is 0 Å². The summed E-state index contributed by atoms with van der Waals surface area (Å²) in [5.74, 6) is 0.943. The Hall–Kier alpha value is -1.07. The molecule has 3 nitrogen and oxygen atoms in total. The Morgan fingerprint density at radius 2 is 1.84 bits per heavy atom. The molecule has 0 aliphatic heterocycles. The molecule has 1 N–H and O–H groups in total. The van der Waals surface area contributed by atoms with Crippen molar-refractivity contribution >= 4 is 34.1 Å². The van der Waals surface area contributed by atoms with Gasteiger partial charge in [-0.2, -0.15) is 0 Å². The minimum Gasteiger partial charge on any atom is -0.508 e. The molecule has 1 aromatic carbocycles. The lowest BCUT2D eigenvalue weighted by molar-refractivity contribution is 0.0989. The third kappa shape index (κ3) is 5.20. The summed E-state index contributed by atoms with van der Waals surface area (Å²) in [6.07, 6.45) is 0.455. The number of aromatic hydroxyl groups is 1. The molecular weight excluding hydrogens is 278 g/mol. The third-order valence-corrected chi connectivity index (χ3v) is 4.29. The van der Waals surface area contributed by atoms with Crippen LogP contribution in [0.5, 0.6) is 5.75 Å². The molecule has 0 unspecified atom stereocenters. The molecule has 0 radical (unpaired) electrons. The zero-order valence-corrected chi connectivity index (χ0v) is 12.9. The topological polar surface area (TPSA) is 40.5 Å². The molecule has 0 saturated carbocycles. The van der Waals surface area contributed by atoms with Crippen LogP contribution in [0.15, 0.2) is 24.3 Å². The molecule has 19 heavy (non-hydrogen) atoms. The van der Waals surface area contributed by atoms with Crippen LogP contribution in [0.25, 0.3) is 0 Å². The van der Waals surface area contributed by atoms with E-state index in [0.29, 0.717) is 17.7 Å². The van der Waals surface area contributed by atoms with Gasteiger partial charge >= 0.3 is 0 Å². The number of nitrogens with zero attached hydrogens (tertiary/aromatic N) is 1. The highest BCUT2D eigenvalue weighted by molar-refractivity contribution is 8.22. The van der Waals surface area contributed by atoms with Crippen molar-refractivity contribution in [3.63, 3.8) is 0 Å². The lowest BCUT2D eigenvalue weighted by Crippen LogP contribution is -2.26. The van der Waals surface area contributed by atoms with E-state index in [1.807, 2.05) is 0 Å². The predicted octanol–water partition coefficient (Wildman–Crippen LogP) is 3.32. The van der Waals surface area contributed by atoms with Gasteiger partial charge in [0, 0.05) is 30.8 Å². The first-order chi connectivity index (χ1) is 9.08. The van der Waals surface area contributed by atoms with E-state index >= 15 is 0 Å². The molecule has 1 aromatic rings. The number of rotatable bonds is 6. The number of thioether (sulfide) groups is 1. The molecule has 5 heteroatoms. The van der Waals surface area contributed by atoms with E-state index < -0.39 is 0 Å². The van der Waals surface area contributed by atoms with Gasteiger partial charge in [0.15, 0.2) is 5.78 Å². The van der Waals surface area contributed by atoms with Crippen LogP contribution in [-0.2, 0) is 0 Å². The normalized spacial score (nSPS) is 10.2. The Bertz CT molecular complexity index is 428. The maximum absolute atomic E-state index is 11.9. The maximum Gasteiger partial charge on any atom is 0.163 e. The average Bonchev–Trinajstić information content (AvgIpc) is 2.40. The molecule has 0 aromatic heterocycles. The zero-order valence-electron chi connectivity index (χ0n) is 11.3. The summed E-state index contributed by atoms with van der Waals surface area (Å²) >= 11 is 6.85. The van der Waals surface area contributed by atoms with Crippen LogP contribution in [0.1, 0.15) is 30.6 Å². The summed E-state index contributed by atoms with van der Waals surface area (Å²) in [7, 11) is 0. The molecule has 0 heterocycles. The smallest absolute Gasteiger partial charge is 0.163 e. The summed E-state index contributed by atoms with van der Waals surface area (Å²) < 4.78 is 0.850. The molecule has 0 amide bonds. The fourth-order valence-electron chi connectivity index (χ4n) is 1.60. The zero-order chi connectivity index (χ0) is 14.3. The minimum atomic E-state index is 0.0786. The Kier molecular flexibility index (Phi) is 6.87. The average molecular weight is 297 g/mol. The molecule has 0 spiro atoms. The highest BCUT2D eigenvalue weighted by Gasteiger charge is 2.09. The van der Waals surface area contributed by atoms with Crippen molar-refractivity contribution in [3.8, 4) is 5.75 Å². The van der Waals surface area contributed by atoms with E-state index in [-0.39, 0.29) is 11.5 Å². The van der Waals surface area contributed by atoms with Crippen LogP contribution in [0, 0.1) is 0 Å². The van der Waals surface area contributed by atoms with Gasteiger partial charge in [0.2, 0.25) is 0 Å². The highest BCUT2D eigenvalue weighted by atomic mass is 32.2. The van der Waals surface area contributed by atoms with Crippen molar-refractivity contribution in [2.75, 3.05) is 18.8 Å². The van der Waals surface area contributed by atoms with Crippen molar-refractivity contribution in [3.05, 3.63) is 29.8 Å². The Labute approximate surface area is 124 Å². The first kappa shape index (κ1) is 16.0. The van der Waals surface area contributed by atoms with E-state index in [1.54, 1.807) is 23.9 Å². The van der Waals surface area contributed by atoms with Gasteiger partial charge < -0.3 is 10.0 Å². The van der Waals surface area contributed by atoms with E-state index in [0.717, 1.165) is 17.4 Å². The second-order valence-corrected chi connectivity index (χ2v) is 5.74. The van der Waals surface area contributed by atoms with Gasteiger partial charge in [-0.3, -0.25) is 4.79 Å². The standard InChI is InChI=1S/C14H19NO2S2/c1-3-15(4-2)14(18)19-10-9-13(17)11-5-7-12(16)8-6-11/h5-8,16H,3-4,9-10H2,1-2H3. The highest BCUT2D eigenvalue weighted by Crippen LogP contribution is 2.15. The first-order valence-electron chi connectivity index (χ1n) is 6.32.